The zero-order valence-corrected chi connectivity index (χ0v) is 39.3. The Balaban J connectivity index is 2.85. The second kappa shape index (κ2) is 33.2. The molecule has 13 N–H and O–H groups in total. The van der Waals surface area contributed by atoms with Crippen LogP contribution >= 0.6 is 0 Å². The number of aliphatic hydroxyl groups excluding tert-OH is 1. The fourth-order valence-corrected chi connectivity index (χ4v) is 6.88. The van der Waals surface area contributed by atoms with Gasteiger partial charge >= 0.3 is 0 Å². The van der Waals surface area contributed by atoms with Crippen molar-refractivity contribution in [3.05, 3.63) is 29.8 Å². The molecule has 0 radical (unpaired) electrons. The van der Waals surface area contributed by atoms with Crippen molar-refractivity contribution in [2.24, 2.45) is 17.4 Å². The summed E-state index contributed by atoms with van der Waals surface area (Å²) in [5.74, 6) is -6.01. The fourth-order valence-electron chi connectivity index (χ4n) is 6.88. The number of phenolic OH excluding ortho intramolecular Hbond substituents is 1. The number of primary amides is 1. The standard InChI is InChI=1S/C46H79N9O10/c1-6-8-9-10-11-12-13-14-15-16-17-21-37(58)49-28-38(59)51-31(4)43(62)55-41(32(5)56)46(65)53-36(27-33-22-24-34(57)25-23-33)44(63)50-29-39(60)52-35(20-18-19-26-47)45(64)54-40(42(48)61)30(3)7-2/h22-25,30-32,35-36,40-41,56-57H,6-21,26-29,47H2,1-5H3,(H2,48,61)(H,49,58)(H,50,63)(H,51,59)(H,52,60)(H,53,65)(H,54,64)(H,55,62)/t30-,31-,32+,35-,36-,40-,41-/m0/s1. The molecule has 0 aromatic heterocycles. The van der Waals surface area contributed by atoms with E-state index < -0.39 is 84.2 Å². The molecular weight excluding hydrogens is 839 g/mol. The minimum absolute atomic E-state index is 0.0492. The van der Waals surface area contributed by atoms with E-state index >= 15 is 0 Å². The van der Waals surface area contributed by atoms with Crippen LogP contribution in [-0.2, 0) is 44.8 Å². The summed E-state index contributed by atoms with van der Waals surface area (Å²) in [7, 11) is 0. The lowest BCUT2D eigenvalue weighted by Gasteiger charge is -2.26. The molecule has 1 aromatic rings. The molecule has 65 heavy (non-hydrogen) atoms. The Labute approximate surface area is 384 Å². The summed E-state index contributed by atoms with van der Waals surface area (Å²) in [4.78, 5) is 104. The average Bonchev–Trinajstić information content (AvgIpc) is 3.26. The van der Waals surface area contributed by atoms with Gasteiger partial charge in [0.2, 0.25) is 47.3 Å². The third kappa shape index (κ3) is 25.1. The van der Waals surface area contributed by atoms with Crippen molar-refractivity contribution in [2.75, 3.05) is 19.6 Å². The van der Waals surface area contributed by atoms with Gasteiger partial charge in [-0.15, -0.1) is 0 Å². The van der Waals surface area contributed by atoms with Crippen LogP contribution < -0.4 is 48.7 Å². The van der Waals surface area contributed by atoms with Gasteiger partial charge in [-0.25, -0.2) is 0 Å². The van der Waals surface area contributed by atoms with E-state index in [1.165, 1.54) is 83.1 Å². The maximum atomic E-state index is 13.6. The van der Waals surface area contributed by atoms with Crippen LogP contribution in [0.3, 0.4) is 0 Å². The number of phenols is 1. The first-order chi connectivity index (χ1) is 30.9. The van der Waals surface area contributed by atoms with Gasteiger partial charge in [0.05, 0.1) is 19.2 Å². The first-order valence-corrected chi connectivity index (χ1v) is 23.4. The lowest BCUT2D eigenvalue weighted by molar-refractivity contribution is -0.136. The molecule has 0 aliphatic heterocycles. The van der Waals surface area contributed by atoms with Crippen LogP contribution in [0.4, 0.5) is 0 Å². The molecule has 7 atom stereocenters. The molecule has 0 spiro atoms. The molecule has 19 nitrogen and oxygen atoms in total. The highest BCUT2D eigenvalue weighted by Gasteiger charge is 2.32. The van der Waals surface area contributed by atoms with Crippen molar-refractivity contribution in [3.8, 4) is 5.75 Å². The predicted molar refractivity (Wildman–Crippen MR) is 247 cm³/mol. The molecule has 19 heteroatoms. The molecular formula is C46H79N9O10. The highest BCUT2D eigenvalue weighted by atomic mass is 16.3. The van der Waals surface area contributed by atoms with E-state index in [9.17, 15) is 48.6 Å². The molecule has 368 valence electrons. The summed E-state index contributed by atoms with van der Waals surface area (Å²) in [5.41, 5.74) is 11.6. The molecule has 8 amide bonds. The topological polar surface area (TPSA) is 313 Å². The number of rotatable bonds is 35. The Bertz CT molecular complexity index is 1630. The fraction of sp³-hybridized carbons (Fsp3) is 0.696. The number of benzene rings is 1. The van der Waals surface area contributed by atoms with Crippen LogP contribution in [0, 0.1) is 5.92 Å². The monoisotopic (exact) mass is 918 g/mol. The molecule has 0 fully saturated rings. The Morgan fingerprint density at radius 1 is 0.585 bits per heavy atom. The number of hydrogen-bond donors (Lipinski definition) is 11. The van der Waals surface area contributed by atoms with Crippen molar-refractivity contribution in [1.82, 2.24) is 37.2 Å². The first kappa shape index (κ1) is 57.7. The highest BCUT2D eigenvalue weighted by molar-refractivity contribution is 5.96. The SMILES string of the molecule is CCCCCCCCCCCCCC(=O)NCC(=O)N[C@@H](C)C(=O)N[C@H](C(=O)N[C@@H](Cc1ccc(O)cc1)C(=O)NCC(=O)N[C@@H](CCCCN)C(=O)N[C@H](C(N)=O)[C@@H](C)CC)[C@@H](C)O. The van der Waals surface area contributed by atoms with E-state index in [0.717, 1.165) is 19.3 Å². The molecule has 0 heterocycles. The molecule has 0 bridgehead atoms. The van der Waals surface area contributed by atoms with E-state index in [0.29, 0.717) is 37.8 Å². The lowest BCUT2D eigenvalue weighted by atomic mass is 9.97. The van der Waals surface area contributed by atoms with Gasteiger partial charge in [-0.1, -0.05) is 104 Å². The number of nitrogens with one attached hydrogen (secondary N) is 7. The van der Waals surface area contributed by atoms with Gasteiger partial charge in [0, 0.05) is 12.8 Å². The molecule has 0 saturated carbocycles. The van der Waals surface area contributed by atoms with Crippen LogP contribution in [0.15, 0.2) is 24.3 Å². The van der Waals surface area contributed by atoms with Gasteiger partial charge in [-0.3, -0.25) is 38.4 Å². The van der Waals surface area contributed by atoms with Crippen molar-refractivity contribution < 1.29 is 48.6 Å². The van der Waals surface area contributed by atoms with E-state index in [1.54, 1.807) is 6.92 Å². The lowest BCUT2D eigenvalue weighted by Crippen LogP contribution is -2.60. The number of amides is 8. The molecule has 1 rings (SSSR count). The number of unbranched alkanes of at least 4 members (excludes halogenated alkanes) is 11. The largest absolute Gasteiger partial charge is 0.508 e. The van der Waals surface area contributed by atoms with Gasteiger partial charge < -0.3 is 58.9 Å². The van der Waals surface area contributed by atoms with Crippen molar-refractivity contribution in [1.29, 1.82) is 0 Å². The number of aliphatic hydroxyl groups is 1. The number of aromatic hydroxyl groups is 1. The Morgan fingerprint density at radius 2 is 1.14 bits per heavy atom. The van der Waals surface area contributed by atoms with Crippen LogP contribution in [0.2, 0.25) is 0 Å². The van der Waals surface area contributed by atoms with Gasteiger partial charge in [-0.05, 0) is 69.7 Å². The predicted octanol–water partition coefficient (Wildman–Crippen LogP) is 1.35. The minimum atomic E-state index is -1.60. The van der Waals surface area contributed by atoms with Gasteiger partial charge in [0.15, 0.2) is 0 Å². The van der Waals surface area contributed by atoms with Crippen LogP contribution in [0.25, 0.3) is 0 Å². The molecule has 0 saturated heterocycles. The van der Waals surface area contributed by atoms with Crippen LogP contribution in [0.1, 0.15) is 143 Å². The molecule has 1 aromatic carbocycles. The van der Waals surface area contributed by atoms with E-state index in [1.807, 2.05) is 6.92 Å². The van der Waals surface area contributed by atoms with E-state index in [4.69, 9.17) is 11.5 Å². The minimum Gasteiger partial charge on any atom is -0.508 e. The Hall–Kier alpha value is -5.30. The summed E-state index contributed by atoms with van der Waals surface area (Å²) in [6, 6.07) is -0.457. The molecule has 0 aliphatic carbocycles. The summed E-state index contributed by atoms with van der Waals surface area (Å²) in [6.07, 6.45) is 13.0. The van der Waals surface area contributed by atoms with Gasteiger partial charge in [0.1, 0.15) is 36.0 Å². The smallest absolute Gasteiger partial charge is 0.245 e. The van der Waals surface area contributed by atoms with Crippen molar-refractivity contribution in [2.45, 2.75) is 180 Å². The normalized spacial score (nSPS) is 14.3. The summed E-state index contributed by atoms with van der Waals surface area (Å²) < 4.78 is 0. The number of carbonyl (C=O) groups is 8. The van der Waals surface area contributed by atoms with Crippen LogP contribution in [0.5, 0.6) is 5.75 Å². The summed E-state index contributed by atoms with van der Waals surface area (Å²) in [5, 5.41) is 37.9. The number of hydrogen-bond acceptors (Lipinski definition) is 11. The summed E-state index contributed by atoms with van der Waals surface area (Å²) in [6.45, 7) is 7.75. The van der Waals surface area contributed by atoms with Crippen molar-refractivity contribution >= 4 is 47.3 Å². The van der Waals surface area contributed by atoms with E-state index in [2.05, 4.69) is 44.1 Å². The van der Waals surface area contributed by atoms with Crippen LogP contribution in [-0.4, -0.2) is 113 Å². The van der Waals surface area contributed by atoms with Crippen molar-refractivity contribution in [3.63, 3.8) is 0 Å². The highest BCUT2D eigenvalue weighted by Crippen LogP contribution is 2.14. The second-order valence-electron chi connectivity index (χ2n) is 16.9. The third-order valence-corrected chi connectivity index (χ3v) is 11.1. The van der Waals surface area contributed by atoms with Gasteiger partial charge in [0.25, 0.3) is 0 Å². The Kier molecular flexibility index (Phi) is 29.5. The maximum absolute atomic E-state index is 13.6. The molecule has 0 aliphatic rings. The number of carbonyl (C=O) groups excluding carboxylic acids is 8. The Morgan fingerprint density at radius 3 is 1.69 bits per heavy atom. The molecule has 0 unspecified atom stereocenters. The van der Waals surface area contributed by atoms with Gasteiger partial charge in [-0.2, -0.15) is 0 Å². The third-order valence-electron chi connectivity index (χ3n) is 11.1. The number of nitrogens with two attached hydrogens (primary N) is 2. The summed E-state index contributed by atoms with van der Waals surface area (Å²) >= 11 is 0. The zero-order valence-electron chi connectivity index (χ0n) is 39.3. The van der Waals surface area contributed by atoms with E-state index in [-0.39, 0.29) is 43.4 Å². The quantitative estimate of drug-likeness (QED) is 0.0432. The first-order valence-electron chi connectivity index (χ1n) is 23.4. The average molecular weight is 918 g/mol. The zero-order chi connectivity index (χ0) is 48.7. The second-order valence-corrected chi connectivity index (χ2v) is 16.9. The maximum Gasteiger partial charge on any atom is 0.245 e.